The molecular formula is C12H24N2O2. The van der Waals surface area contributed by atoms with Crippen molar-refractivity contribution in [1.29, 1.82) is 0 Å². The fourth-order valence-electron chi connectivity index (χ4n) is 1.95. The molecule has 0 bridgehead atoms. The van der Waals surface area contributed by atoms with Gasteiger partial charge in [-0.15, -0.1) is 0 Å². The lowest BCUT2D eigenvalue weighted by Crippen LogP contribution is -2.43. The second kappa shape index (κ2) is 6.86. The van der Waals surface area contributed by atoms with Gasteiger partial charge in [0.1, 0.15) is 0 Å². The lowest BCUT2D eigenvalue weighted by atomic mass is 10.1. The quantitative estimate of drug-likeness (QED) is 0.763. The van der Waals surface area contributed by atoms with Gasteiger partial charge in [-0.1, -0.05) is 13.3 Å². The van der Waals surface area contributed by atoms with Gasteiger partial charge in [0.25, 0.3) is 0 Å². The minimum Gasteiger partial charge on any atom is -0.375 e. The molecule has 2 unspecified atom stereocenters. The highest BCUT2D eigenvalue weighted by molar-refractivity contribution is 5.76. The molecule has 0 spiro atoms. The highest BCUT2D eigenvalue weighted by Crippen LogP contribution is 2.09. The first-order chi connectivity index (χ1) is 7.65. The zero-order chi connectivity index (χ0) is 12.0. The van der Waals surface area contributed by atoms with E-state index >= 15 is 0 Å². The number of nitrogens with one attached hydrogen (secondary N) is 1. The third kappa shape index (κ3) is 4.10. The van der Waals surface area contributed by atoms with Crippen molar-refractivity contribution in [3.63, 3.8) is 0 Å². The SMILES string of the molecule is CCCC(C)N(C)C(=O)CC1CNCCO1. The van der Waals surface area contributed by atoms with Gasteiger partial charge in [-0.25, -0.2) is 0 Å². The maximum atomic E-state index is 11.9. The summed E-state index contributed by atoms with van der Waals surface area (Å²) in [7, 11) is 1.89. The maximum absolute atomic E-state index is 11.9. The summed E-state index contributed by atoms with van der Waals surface area (Å²) in [5.74, 6) is 0.189. The van der Waals surface area contributed by atoms with E-state index in [9.17, 15) is 4.79 Å². The Morgan fingerprint density at radius 2 is 2.38 bits per heavy atom. The number of rotatable bonds is 5. The lowest BCUT2D eigenvalue weighted by Gasteiger charge is -2.28. The fraction of sp³-hybridized carbons (Fsp3) is 0.917. The Morgan fingerprint density at radius 1 is 1.62 bits per heavy atom. The number of carbonyl (C=O) groups is 1. The molecule has 0 aromatic heterocycles. The Morgan fingerprint density at radius 3 is 2.94 bits per heavy atom. The second-order valence-electron chi connectivity index (χ2n) is 4.54. The van der Waals surface area contributed by atoms with Crippen LogP contribution in [0.5, 0.6) is 0 Å². The number of hydrogen-bond acceptors (Lipinski definition) is 3. The van der Waals surface area contributed by atoms with Crippen LogP contribution in [0.15, 0.2) is 0 Å². The van der Waals surface area contributed by atoms with Crippen molar-refractivity contribution >= 4 is 5.91 Å². The topological polar surface area (TPSA) is 41.6 Å². The zero-order valence-corrected chi connectivity index (χ0v) is 10.7. The van der Waals surface area contributed by atoms with E-state index in [0.717, 1.165) is 25.9 Å². The van der Waals surface area contributed by atoms with Crippen LogP contribution in [0.25, 0.3) is 0 Å². The van der Waals surface area contributed by atoms with E-state index in [1.165, 1.54) is 0 Å². The van der Waals surface area contributed by atoms with Gasteiger partial charge in [0.2, 0.25) is 5.91 Å². The first-order valence-electron chi connectivity index (χ1n) is 6.23. The number of hydrogen-bond donors (Lipinski definition) is 1. The fourth-order valence-corrected chi connectivity index (χ4v) is 1.95. The molecule has 16 heavy (non-hydrogen) atoms. The van der Waals surface area contributed by atoms with Crippen molar-refractivity contribution in [3.8, 4) is 0 Å². The van der Waals surface area contributed by atoms with E-state index < -0.39 is 0 Å². The van der Waals surface area contributed by atoms with Gasteiger partial charge >= 0.3 is 0 Å². The summed E-state index contributed by atoms with van der Waals surface area (Å²) in [6.45, 7) is 6.64. The molecule has 1 amide bonds. The van der Waals surface area contributed by atoms with Crippen LogP contribution < -0.4 is 5.32 Å². The molecule has 4 nitrogen and oxygen atoms in total. The molecule has 1 fully saturated rings. The van der Waals surface area contributed by atoms with E-state index in [1.807, 2.05) is 11.9 Å². The summed E-state index contributed by atoms with van der Waals surface area (Å²) in [5, 5.41) is 3.24. The number of morpholine rings is 1. The summed E-state index contributed by atoms with van der Waals surface area (Å²) >= 11 is 0. The van der Waals surface area contributed by atoms with Crippen LogP contribution >= 0.6 is 0 Å². The molecule has 4 heteroatoms. The smallest absolute Gasteiger partial charge is 0.225 e. The minimum atomic E-state index is 0.0533. The van der Waals surface area contributed by atoms with Crippen LogP contribution in [0.1, 0.15) is 33.1 Å². The average molecular weight is 228 g/mol. The molecule has 0 aliphatic carbocycles. The van der Waals surface area contributed by atoms with Gasteiger partial charge in [-0.2, -0.15) is 0 Å². The van der Waals surface area contributed by atoms with Crippen LogP contribution in [0.4, 0.5) is 0 Å². The molecule has 0 aromatic rings. The van der Waals surface area contributed by atoms with Crippen molar-refractivity contribution in [2.24, 2.45) is 0 Å². The van der Waals surface area contributed by atoms with Gasteiger partial charge in [0.05, 0.1) is 19.1 Å². The van der Waals surface area contributed by atoms with Gasteiger partial charge < -0.3 is 15.0 Å². The maximum Gasteiger partial charge on any atom is 0.225 e. The molecule has 0 radical (unpaired) electrons. The summed E-state index contributed by atoms with van der Waals surface area (Å²) in [6, 6.07) is 0.328. The Balaban J connectivity index is 2.32. The van der Waals surface area contributed by atoms with E-state index in [1.54, 1.807) is 0 Å². The number of amides is 1. The summed E-state index contributed by atoms with van der Waals surface area (Å²) in [4.78, 5) is 13.8. The van der Waals surface area contributed by atoms with Crippen LogP contribution in [-0.2, 0) is 9.53 Å². The molecular weight excluding hydrogens is 204 g/mol. The molecule has 94 valence electrons. The number of nitrogens with zero attached hydrogens (tertiary/aromatic N) is 1. The standard InChI is InChI=1S/C12H24N2O2/c1-4-5-10(2)14(3)12(15)8-11-9-13-6-7-16-11/h10-11,13H,4-9H2,1-3H3. The van der Waals surface area contributed by atoms with Crippen LogP contribution in [0.3, 0.4) is 0 Å². The molecule has 1 N–H and O–H groups in total. The normalized spacial score (nSPS) is 22.8. The highest BCUT2D eigenvalue weighted by atomic mass is 16.5. The Bertz CT molecular complexity index is 215. The Labute approximate surface area is 98.3 Å². The molecule has 1 heterocycles. The van der Waals surface area contributed by atoms with Gasteiger partial charge in [-0.3, -0.25) is 4.79 Å². The third-order valence-corrected chi connectivity index (χ3v) is 3.17. The van der Waals surface area contributed by atoms with E-state index in [0.29, 0.717) is 19.1 Å². The third-order valence-electron chi connectivity index (χ3n) is 3.17. The summed E-state index contributed by atoms with van der Waals surface area (Å²) in [6.07, 6.45) is 2.72. The monoisotopic (exact) mass is 228 g/mol. The second-order valence-corrected chi connectivity index (χ2v) is 4.54. The van der Waals surface area contributed by atoms with Crippen LogP contribution in [-0.4, -0.2) is 49.7 Å². The van der Waals surface area contributed by atoms with Gasteiger partial charge in [0, 0.05) is 26.2 Å². The zero-order valence-electron chi connectivity index (χ0n) is 10.7. The molecule has 0 saturated carbocycles. The highest BCUT2D eigenvalue weighted by Gasteiger charge is 2.21. The predicted molar refractivity (Wildman–Crippen MR) is 64.4 cm³/mol. The average Bonchev–Trinajstić information content (AvgIpc) is 2.29. The van der Waals surface area contributed by atoms with Gasteiger partial charge in [-0.05, 0) is 13.3 Å². The van der Waals surface area contributed by atoms with Crippen LogP contribution in [0.2, 0.25) is 0 Å². The Kier molecular flexibility index (Phi) is 5.77. The molecule has 0 aromatic carbocycles. The number of ether oxygens (including phenoxy) is 1. The number of carbonyl (C=O) groups excluding carboxylic acids is 1. The molecule has 1 aliphatic rings. The summed E-state index contributed by atoms with van der Waals surface area (Å²) in [5.41, 5.74) is 0. The molecule has 1 saturated heterocycles. The van der Waals surface area contributed by atoms with Crippen molar-refractivity contribution in [3.05, 3.63) is 0 Å². The lowest BCUT2D eigenvalue weighted by molar-refractivity contribution is -0.135. The summed E-state index contributed by atoms with van der Waals surface area (Å²) < 4.78 is 5.53. The first-order valence-corrected chi connectivity index (χ1v) is 6.23. The van der Waals surface area contributed by atoms with Gasteiger partial charge in [0.15, 0.2) is 0 Å². The van der Waals surface area contributed by atoms with E-state index in [2.05, 4.69) is 19.2 Å². The molecule has 1 aliphatic heterocycles. The Hall–Kier alpha value is -0.610. The van der Waals surface area contributed by atoms with Crippen molar-refractivity contribution < 1.29 is 9.53 Å². The van der Waals surface area contributed by atoms with Crippen molar-refractivity contribution in [2.75, 3.05) is 26.7 Å². The predicted octanol–water partition coefficient (Wildman–Crippen LogP) is 1.01. The van der Waals surface area contributed by atoms with E-state index in [-0.39, 0.29) is 12.0 Å². The van der Waals surface area contributed by atoms with E-state index in [4.69, 9.17) is 4.74 Å². The van der Waals surface area contributed by atoms with Crippen molar-refractivity contribution in [2.45, 2.75) is 45.3 Å². The molecule has 2 atom stereocenters. The van der Waals surface area contributed by atoms with Crippen molar-refractivity contribution in [1.82, 2.24) is 10.2 Å². The van der Waals surface area contributed by atoms with Crippen LogP contribution in [0, 0.1) is 0 Å². The minimum absolute atomic E-state index is 0.0533. The molecule has 1 rings (SSSR count). The largest absolute Gasteiger partial charge is 0.375 e. The first kappa shape index (κ1) is 13.5.